The van der Waals surface area contributed by atoms with E-state index in [4.69, 9.17) is 27.9 Å². The lowest BCUT2D eigenvalue weighted by Gasteiger charge is -2.07. The van der Waals surface area contributed by atoms with Crippen molar-refractivity contribution in [3.05, 3.63) is 63.6 Å². The van der Waals surface area contributed by atoms with Gasteiger partial charge in [-0.1, -0.05) is 41.4 Å². The fourth-order valence-electron chi connectivity index (χ4n) is 1.51. The number of benzene rings is 2. The standard InChI is InChI=1S/C14H10Cl2O3/c15-10-6-5-9(12(16)7-10)8-19-14(18)11-3-1-2-4-13(11)17/h1-7,17H,8H2. The maximum Gasteiger partial charge on any atom is 0.342 e. The van der Waals surface area contributed by atoms with Gasteiger partial charge in [-0.3, -0.25) is 0 Å². The largest absolute Gasteiger partial charge is 0.507 e. The molecule has 0 spiro atoms. The predicted octanol–water partition coefficient (Wildman–Crippen LogP) is 4.06. The van der Waals surface area contributed by atoms with E-state index in [9.17, 15) is 9.90 Å². The minimum absolute atomic E-state index is 0.0170. The molecule has 2 rings (SSSR count). The first kappa shape index (κ1) is 13.7. The number of phenolic OH excluding ortho intramolecular Hbond substituents is 1. The predicted molar refractivity (Wildman–Crippen MR) is 73.7 cm³/mol. The molecule has 0 amide bonds. The molecule has 0 saturated heterocycles. The van der Waals surface area contributed by atoms with Crippen molar-refractivity contribution in [1.29, 1.82) is 0 Å². The summed E-state index contributed by atoms with van der Waals surface area (Å²) in [5.74, 6) is -0.723. The van der Waals surface area contributed by atoms with Gasteiger partial charge in [0.15, 0.2) is 0 Å². The molecule has 0 aliphatic heterocycles. The van der Waals surface area contributed by atoms with E-state index in [1.807, 2.05) is 0 Å². The number of ether oxygens (including phenoxy) is 1. The second-order valence-corrected chi connectivity index (χ2v) is 4.67. The number of rotatable bonds is 3. The maximum atomic E-state index is 11.8. The Labute approximate surface area is 120 Å². The van der Waals surface area contributed by atoms with Crippen LogP contribution in [0.15, 0.2) is 42.5 Å². The molecule has 0 heterocycles. The molecule has 3 nitrogen and oxygen atoms in total. The highest BCUT2D eigenvalue weighted by Gasteiger charge is 2.12. The summed E-state index contributed by atoms with van der Waals surface area (Å²) in [4.78, 5) is 11.8. The average Bonchev–Trinajstić information content (AvgIpc) is 2.38. The molecule has 1 N–H and O–H groups in total. The second kappa shape index (κ2) is 5.95. The highest BCUT2D eigenvalue weighted by Crippen LogP contribution is 2.23. The lowest BCUT2D eigenvalue weighted by molar-refractivity contribution is 0.0469. The zero-order valence-electron chi connectivity index (χ0n) is 9.77. The van der Waals surface area contributed by atoms with Crippen molar-refractivity contribution >= 4 is 29.2 Å². The van der Waals surface area contributed by atoms with E-state index in [-0.39, 0.29) is 17.9 Å². The molecule has 19 heavy (non-hydrogen) atoms. The van der Waals surface area contributed by atoms with Crippen LogP contribution in [0.3, 0.4) is 0 Å². The number of para-hydroxylation sites is 1. The molecule has 0 radical (unpaired) electrons. The number of aromatic hydroxyl groups is 1. The first-order valence-electron chi connectivity index (χ1n) is 5.47. The monoisotopic (exact) mass is 296 g/mol. The molecule has 5 heteroatoms. The molecule has 0 aromatic heterocycles. The SMILES string of the molecule is O=C(OCc1ccc(Cl)cc1Cl)c1ccccc1O. The van der Waals surface area contributed by atoms with Gasteiger partial charge in [-0.25, -0.2) is 4.79 Å². The minimum atomic E-state index is -0.607. The third-order valence-electron chi connectivity index (χ3n) is 2.50. The normalized spacial score (nSPS) is 10.2. The van der Waals surface area contributed by atoms with Crippen molar-refractivity contribution < 1.29 is 14.6 Å². The summed E-state index contributed by atoms with van der Waals surface area (Å²) in [7, 11) is 0. The van der Waals surface area contributed by atoms with Crippen LogP contribution in [0.2, 0.25) is 10.0 Å². The van der Waals surface area contributed by atoms with Gasteiger partial charge in [-0.05, 0) is 24.3 Å². The first-order valence-corrected chi connectivity index (χ1v) is 6.22. The number of hydrogen-bond acceptors (Lipinski definition) is 3. The van der Waals surface area contributed by atoms with Gasteiger partial charge in [-0.15, -0.1) is 0 Å². The Morgan fingerprint density at radius 2 is 1.89 bits per heavy atom. The topological polar surface area (TPSA) is 46.5 Å². The average molecular weight is 297 g/mol. The summed E-state index contributed by atoms with van der Waals surface area (Å²) >= 11 is 11.7. The highest BCUT2D eigenvalue weighted by molar-refractivity contribution is 6.35. The van der Waals surface area contributed by atoms with Crippen molar-refractivity contribution in [3.8, 4) is 5.75 Å². The molecule has 0 fully saturated rings. The fourth-order valence-corrected chi connectivity index (χ4v) is 1.97. The van der Waals surface area contributed by atoms with Crippen LogP contribution in [0.5, 0.6) is 5.75 Å². The lowest BCUT2D eigenvalue weighted by Crippen LogP contribution is -2.05. The number of carbonyl (C=O) groups is 1. The van der Waals surface area contributed by atoms with Gasteiger partial charge < -0.3 is 9.84 Å². The van der Waals surface area contributed by atoms with Crippen molar-refractivity contribution in [1.82, 2.24) is 0 Å². The number of carbonyl (C=O) groups excluding carboxylic acids is 1. The van der Waals surface area contributed by atoms with Crippen LogP contribution in [0, 0.1) is 0 Å². The van der Waals surface area contributed by atoms with E-state index < -0.39 is 5.97 Å². The lowest BCUT2D eigenvalue weighted by atomic mass is 10.2. The highest BCUT2D eigenvalue weighted by atomic mass is 35.5. The Hall–Kier alpha value is -1.71. The summed E-state index contributed by atoms with van der Waals surface area (Å²) in [5.41, 5.74) is 0.766. The summed E-state index contributed by atoms with van der Waals surface area (Å²) in [5, 5.41) is 10.5. The Morgan fingerprint density at radius 3 is 2.58 bits per heavy atom. The molecule has 0 aliphatic rings. The third kappa shape index (κ3) is 3.40. The number of esters is 1. The molecule has 0 aliphatic carbocycles. The van der Waals surface area contributed by atoms with Crippen molar-refractivity contribution in [2.24, 2.45) is 0 Å². The second-order valence-electron chi connectivity index (χ2n) is 3.83. The van der Waals surface area contributed by atoms with Crippen LogP contribution in [0.25, 0.3) is 0 Å². The van der Waals surface area contributed by atoms with E-state index in [1.54, 1.807) is 30.3 Å². The van der Waals surface area contributed by atoms with Crippen LogP contribution < -0.4 is 0 Å². The number of phenols is 1. The van der Waals surface area contributed by atoms with Gasteiger partial charge in [-0.2, -0.15) is 0 Å². The van der Waals surface area contributed by atoms with E-state index in [1.165, 1.54) is 12.1 Å². The molecular formula is C14H10Cl2O3. The van der Waals surface area contributed by atoms with Gasteiger partial charge in [0.1, 0.15) is 17.9 Å². The van der Waals surface area contributed by atoms with Gasteiger partial charge in [0.05, 0.1) is 0 Å². The van der Waals surface area contributed by atoms with Gasteiger partial charge in [0.25, 0.3) is 0 Å². The zero-order valence-corrected chi connectivity index (χ0v) is 11.3. The zero-order chi connectivity index (χ0) is 13.8. The Kier molecular flexibility index (Phi) is 4.30. The van der Waals surface area contributed by atoms with Crippen LogP contribution in [0.1, 0.15) is 15.9 Å². The fraction of sp³-hybridized carbons (Fsp3) is 0.0714. The molecule has 0 atom stereocenters. The first-order chi connectivity index (χ1) is 9.08. The van der Waals surface area contributed by atoms with Crippen molar-refractivity contribution in [3.63, 3.8) is 0 Å². The molecule has 0 saturated carbocycles. The van der Waals surface area contributed by atoms with E-state index in [0.29, 0.717) is 15.6 Å². The molecule has 2 aromatic rings. The Balaban J connectivity index is 2.07. The van der Waals surface area contributed by atoms with Crippen LogP contribution in [-0.2, 0) is 11.3 Å². The Morgan fingerprint density at radius 1 is 1.16 bits per heavy atom. The number of halogens is 2. The number of hydrogen-bond donors (Lipinski definition) is 1. The summed E-state index contributed by atoms with van der Waals surface area (Å²) in [6.07, 6.45) is 0. The summed E-state index contributed by atoms with van der Waals surface area (Å²) in [6, 6.07) is 11.1. The molecule has 0 unspecified atom stereocenters. The minimum Gasteiger partial charge on any atom is -0.507 e. The van der Waals surface area contributed by atoms with E-state index >= 15 is 0 Å². The van der Waals surface area contributed by atoms with Crippen LogP contribution in [0.4, 0.5) is 0 Å². The van der Waals surface area contributed by atoms with E-state index in [0.717, 1.165) is 0 Å². The summed E-state index contributed by atoms with van der Waals surface area (Å²) in [6.45, 7) is 0.0170. The van der Waals surface area contributed by atoms with Crippen molar-refractivity contribution in [2.45, 2.75) is 6.61 Å². The maximum absolute atomic E-state index is 11.8. The molecule has 2 aromatic carbocycles. The van der Waals surface area contributed by atoms with Gasteiger partial charge >= 0.3 is 5.97 Å². The molecule has 98 valence electrons. The third-order valence-corrected chi connectivity index (χ3v) is 3.08. The summed E-state index contributed by atoms with van der Waals surface area (Å²) < 4.78 is 5.09. The van der Waals surface area contributed by atoms with Crippen LogP contribution in [-0.4, -0.2) is 11.1 Å². The molecule has 0 bridgehead atoms. The van der Waals surface area contributed by atoms with Gasteiger partial charge in [0.2, 0.25) is 0 Å². The smallest absolute Gasteiger partial charge is 0.342 e. The van der Waals surface area contributed by atoms with Gasteiger partial charge in [0, 0.05) is 15.6 Å². The quantitative estimate of drug-likeness (QED) is 0.869. The van der Waals surface area contributed by atoms with Crippen molar-refractivity contribution in [2.75, 3.05) is 0 Å². The Bertz CT molecular complexity index is 611. The van der Waals surface area contributed by atoms with Crippen LogP contribution >= 0.6 is 23.2 Å². The van der Waals surface area contributed by atoms with E-state index in [2.05, 4.69) is 0 Å². The molecular weight excluding hydrogens is 287 g/mol.